The quantitative estimate of drug-likeness (QED) is 0.493. The van der Waals surface area contributed by atoms with E-state index < -0.39 is 0 Å². The molecular formula is C24H29F2NO. The van der Waals surface area contributed by atoms with Crippen LogP contribution in [0.5, 0.6) is 0 Å². The molecule has 1 amide bonds. The van der Waals surface area contributed by atoms with Gasteiger partial charge in [-0.1, -0.05) is 50.8 Å². The van der Waals surface area contributed by atoms with Crippen molar-refractivity contribution in [3.63, 3.8) is 0 Å². The highest BCUT2D eigenvalue weighted by atomic mass is 19.1. The van der Waals surface area contributed by atoms with Gasteiger partial charge in [-0.3, -0.25) is 4.79 Å². The van der Waals surface area contributed by atoms with Gasteiger partial charge in [-0.2, -0.15) is 0 Å². The van der Waals surface area contributed by atoms with E-state index in [0.717, 1.165) is 43.2 Å². The first-order valence-corrected chi connectivity index (χ1v) is 10.5. The number of benzene rings is 2. The molecule has 0 radical (unpaired) electrons. The molecule has 2 nitrogen and oxygen atoms in total. The van der Waals surface area contributed by atoms with Crippen molar-refractivity contribution in [2.24, 2.45) is 0 Å². The molecule has 1 aliphatic heterocycles. The predicted molar refractivity (Wildman–Crippen MR) is 110 cm³/mol. The third-order valence-electron chi connectivity index (χ3n) is 5.60. The summed E-state index contributed by atoms with van der Waals surface area (Å²) >= 11 is 0. The Morgan fingerprint density at radius 1 is 1.00 bits per heavy atom. The summed E-state index contributed by atoms with van der Waals surface area (Å²) in [6, 6.07) is 11.2. The van der Waals surface area contributed by atoms with Gasteiger partial charge < -0.3 is 4.90 Å². The molecule has 1 heterocycles. The van der Waals surface area contributed by atoms with Crippen LogP contribution >= 0.6 is 0 Å². The van der Waals surface area contributed by atoms with Crippen LogP contribution in [0.4, 0.5) is 14.5 Å². The van der Waals surface area contributed by atoms with Gasteiger partial charge in [-0.25, -0.2) is 8.78 Å². The summed E-state index contributed by atoms with van der Waals surface area (Å²) in [5.41, 5.74) is 2.62. The first kappa shape index (κ1) is 20.5. The van der Waals surface area contributed by atoms with Gasteiger partial charge >= 0.3 is 0 Å². The SMILES string of the molecule is CCCCCCCC(=O)N1CCCC(c2ccc(F)cc2)c2ccc(F)cc21. The van der Waals surface area contributed by atoms with Gasteiger partial charge in [0, 0.05) is 18.9 Å². The molecule has 0 saturated carbocycles. The second-order valence-electron chi connectivity index (χ2n) is 7.66. The molecule has 1 unspecified atom stereocenters. The molecule has 2 aromatic rings. The van der Waals surface area contributed by atoms with Crippen LogP contribution in [0.15, 0.2) is 42.5 Å². The van der Waals surface area contributed by atoms with E-state index in [1.807, 2.05) is 0 Å². The van der Waals surface area contributed by atoms with Gasteiger partial charge in [0.05, 0.1) is 5.69 Å². The average molecular weight is 385 g/mol. The van der Waals surface area contributed by atoms with E-state index in [9.17, 15) is 13.6 Å². The summed E-state index contributed by atoms with van der Waals surface area (Å²) in [5.74, 6) is -0.488. The van der Waals surface area contributed by atoms with Crippen molar-refractivity contribution in [3.05, 3.63) is 65.2 Å². The largest absolute Gasteiger partial charge is 0.312 e. The molecule has 2 aromatic carbocycles. The molecule has 3 rings (SSSR count). The van der Waals surface area contributed by atoms with Gasteiger partial charge in [0.2, 0.25) is 5.91 Å². The topological polar surface area (TPSA) is 20.3 Å². The zero-order valence-corrected chi connectivity index (χ0v) is 16.6. The lowest BCUT2D eigenvalue weighted by Crippen LogP contribution is -2.31. The first-order valence-electron chi connectivity index (χ1n) is 10.5. The van der Waals surface area contributed by atoms with E-state index in [1.54, 1.807) is 23.1 Å². The van der Waals surface area contributed by atoms with Crippen molar-refractivity contribution in [2.45, 2.75) is 64.2 Å². The highest BCUT2D eigenvalue weighted by molar-refractivity contribution is 5.94. The fraction of sp³-hybridized carbons (Fsp3) is 0.458. The molecule has 28 heavy (non-hydrogen) atoms. The number of anilines is 1. The maximum Gasteiger partial charge on any atom is 0.226 e. The Labute approximate surface area is 166 Å². The van der Waals surface area contributed by atoms with E-state index >= 15 is 0 Å². The standard InChI is InChI=1S/C24H29F2NO/c1-2-3-4-5-6-9-24(28)27-16-7-8-21(18-10-12-19(25)13-11-18)22-15-14-20(26)17-23(22)27/h10-15,17,21H,2-9,16H2,1H3. The molecule has 0 fully saturated rings. The molecule has 0 bridgehead atoms. The third kappa shape index (κ3) is 4.98. The Balaban J connectivity index is 1.82. The van der Waals surface area contributed by atoms with Crippen molar-refractivity contribution in [1.82, 2.24) is 0 Å². The number of fused-ring (bicyclic) bond motifs is 1. The van der Waals surface area contributed by atoms with Crippen LogP contribution in [0.25, 0.3) is 0 Å². The summed E-state index contributed by atoms with van der Waals surface area (Å²) in [4.78, 5) is 14.7. The molecule has 150 valence electrons. The summed E-state index contributed by atoms with van der Waals surface area (Å²) in [6.45, 7) is 2.77. The fourth-order valence-corrected chi connectivity index (χ4v) is 4.09. The summed E-state index contributed by atoms with van der Waals surface area (Å²) in [6.07, 6.45) is 7.65. The summed E-state index contributed by atoms with van der Waals surface area (Å²) < 4.78 is 27.4. The molecular weight excluding hydrogens is 356 g/mol. The minimum Gasteiger partial charge on any atom is -0.312 e. The zero-order chi connectivity index (χ0) is 19.9. The predicted octanol–water partition coefficient (Wildman–Crippen LogP) is 6.58. The molecule has 1 atom stereocenters. The highest BCUT2D eigenvalue weighted by Gasteiger charge is 2.27. The number of carbonyl (C=O) groups is 1. The van der Waals surface area contributed by atoms with E-state index in [1.165, 1.54) is 37.1 Å². The monoisotopic (exact) mass is 385 g/mol. The lowest BCUT2D eigenvalue weighted by molar-refractivity contribution is -0.118. The molecule has 0 spiro atoms. The number of hydrogen-bond donors (Lipinski definition) is 0. The van der Waals surface area contributed by atoms with Gasteiger partial charge in [0.25, 0.3) is 0 Å². The molecule has 0 aliphatic carbocycles. The minimum absolute atomic E-state index is 0.0403. The van der Waals surface area contributed by atoms with Gasteiger partial charge in [0.15, 0.2) is 0 Å². The maximum atomic E-state index is 14.1. The van der Waals surface area contributed by atoms with E-state index in [-0.39, 0.29) is 23.5 Å². The summed E-state index contributed by atoms with van der Waals surface area (Å²) in [5, 5.41) is 0. The lowest BCUT2D eigenvalue weighted by atomic mass is 9.87. The number of unbranched alkanes of at least 4 members (excludes halogenated alkanes) is 4. The van der Waals surface area contributed by atoms with Gasteiger partial charge in [-0.15, -0.1) is 0 Å². The molecule has 0 N–H and O–H groups in total. The van der Waals surface area contributed by atoms with Crippen molar-refractivity contribution < 1.29 is 13.6 Å². The van der Waals surface area contributed by atoms with E-state index in [2.05, 4.69) is 6.92 Å². The van der Waals surface area contributed by atoms with Crippen LogP contribution in [-0.4, -0.2) is 12.5 Å². The molecule has 0 saturated heterocycles. The first-order chi connectivity index (χ1) is 13.6. The normalized spacial score (nSPS) is 16.5. The second kappa shape index (κ2) is 9.81. The third-order valence-corrected chi connectivity index (χ3v) is 5.60. The molecule has 4 heteroatoms. The molecule has 0 aromatic heterocycles. The highest BCUT2D eigenvalue weighted by Crippen LogP contribution is 2.39. The second-order valence-corrected chi connectivity index (χ2v) is 7.66. The number of nitrogens with zero attached hydrogens (tertiary/aromatic N) is 1. The minimum atomic E-state index is -0.334. The zero-order valence-electron chi connectivity index (χ0n) is 16.6. The average Bonchev–Trinajstić information content (AvgIpc) is 2.87. The number of hydrogen-bond acceptors (Lipinski definition) is 1. The van der Waals surface area contributed by atoms with Gasteiger partial charge in [-0.05, 0) is 54.7 Å². The summed E-state index contributed by atoms with van der Waals surface area (Å²) in [7, 11) is 0. The lowest BCUT2D eigenvalue weighted by Gasteiger charge is -2.24. The van der Waals surface area contributed by atoms with Crippen LogP contribution in [0, 0.1) is 11.6 Å². The van der Waals surface area contributed by atoms with Gasteiger partial charge in [0.1, 0.15) is 11.6 Å². The maximum absolute atomic E-state index is 14.1. The number of rotatable bonds is 7. The van der Waals surface area contributed by atoms with Crippen LogP contribution < -0.4 is 4.90 Å². The van der Waals surface area contributed by atoms with Crippen LogP contribution in [0.3, 0.4) is 0 Å². The smallest absolute Gasteiger partial charge is 0.226 e. The number of carbonyl (C=O) groups excluding carboxylic acids is 1. The van der Waals surface area contributed by atoms with E-state index in [4.69, 9.17) is 0 Å². The van der Waals surface area contributed by atoms with E-state index in [0.29, 0.717) is 18.7 Å². The van der Waals surface area contributed by atoms with Crippen molar-refractivity contribution >= 4 is 11.6 Å². The van der Waals surface area contributed by atoms with Crippen molar-refractivity contribution in [2.75, 3.05) is 11.4 Å². The number of halogens is 2. The Bertz CT molecular complexity index is 788. The number of amides is 1. The van der Waals surface area contributed by atoms with Crippen LogP contribution in [0.1, 0.15) is 75.3 Å². The Morgan fingerprint density at radius 2 is 1.71 bits per heavy atom. The van der Waals surface area contributed by atoms with Crippen LogP contribution in [0.2, 0.25) is 0 Å². The molecule has 1 aliphatic rings. The Hall–Kier alpha value is -2.23. The van der Waals surface area contributed by atoms with Crippen molar-refractivity contribution in [1.29, 1.82) is 0 Å². The van der Waals surface area contributed by atoms with Crippen molar-refractivity contribution in [3.8, 4) is 0 Å². The van der Waals surface area contributed by atoms with Crippen LogP contribution in [-0.2, 0) is 4.79 Å². The Kier molecular flexibility index (Phi) is 7.18. The fourth-order valence-electron chi connectivity index (χ4n) is 4.09. The Morgan fingerprint density at radius 3 is 2.46 bits per heavy atom.